The molecule has 0 saturated heterocycles. The van der Waals surface area contributed by atoms with Crippen LogP contribution in [0.5, 0.6) is 0 Å². The maximum atomic E-state index is 5.86. The number of hydrogen-bond donors (Lipinski definition) is 2. The summed E-state index contributed by atoms with van der Waals surface area (Å²) in [5, 5.41) is 4.35. The Labute approximate surface area is 102 Å². The van der Waals surface area contributed by atoms with Crippen molar-refractivity contribution >= 4 is 17.3 Å². The molecule has 0 aromatic heterocycles. The van der Waals surface area contributed by atoms with Gasteiger partial charge < -0.3 is 11.1 Å². The zero-order valence-corrected chi connectivity index (χ0v) is 10.2. The monoisotopic (exact) mass is 238 g/mol. The van der Waals surface area contributed by atoms with E-state index in [1.807, 2.05) is 24.3 Å². The van der Waals surface area contributed by atoms with Gasteiger partial charge in [0.25, 0.3) is 0 Å². The molecule has 0 bridgehead atoms. The molecular weight excluding hydrogens is 220 g/mol. The maximum Gasteiger partial charge on any atom is 0.0407 e. The van der Waals surface area contributed by atoms with Gasteiger partial charge in [-0.2, -0.15) is 0 Å². The molecule has 16 heavy (non-hydrogen) atoms. The Kier molecular flexibility index (Phi) is 4.08. The second kappa shape index (κ2) is 5.55. The third kappa shape index (κ3) is 2.89. The molecule has 88 valence electrons. The van der Waals surface area contributed by atoms with E-state index in [1.165, 1.54) is 25.7 Å². The smallest absolute Gasteiger partial charge is 0.0407 e. The summed E-state index contributed by atoms with van der Waals surface area (Å²) >= 11 is 5.86. The van der Waals surface area contributed by atoms with E-state index < -0.39 is 0 Å². The minimum Gasteiger partial charge on any atom is -0.382 e. The molecule has 0 amide bonds. The third-order valence-electron chi connectivity index (χ3n) is 3.41. The first kappa shape index (κ1) is 11.7. The Morgan fingerprint density at radius 1 is 1.19 bits per heavy atom. The number of halogens is 1. The fourth-order valence-electron chi connectivity index (χ4n) is 2.44. The van der Waals surface area contributed by atoms with E-state index in [0.717, 1.165) is 17.3 Å². The molecule has 1 aromatic rings. The van der Waals surface area contributed by atoms with Gasteiger partial charge in [-0.3, -0.25) is 0 Å². The average molecular weight is 239 g/mol. The van der Waals surface area contributed by atoms with Crippen LogP contribution in [0.2, 0.25) is 5.02 Å². The summed E-state index contributed by atoms with van der Waals surface area (Å²) in [7, 11) is 0. The number of hydrogen-bond acceptors (Lipinski definition) is 2. The minimum absolute atomic E-state index is 0.528. The molecular formula is C13H19ClN2. The summed E-state index contributed by atoms with van der Waals surface area (Å²) in [6, 6.07) is 8.43. The summed E-state index contributed by atoms with van der Waals surface area (Å²) in [5.41, 5.74) is 6.96. The van der Waals surface area contributed by atoms with Crippen LogP contribution in [0.4, 0.5) is 5.69 Å². The SMILES string of the molecule is NCC1CCCCC1Nc1ccc(Cl)cc1. The lowest BCUT2D eigenvalue weighted by molar-refractivity contribution is 0.332. The molecule has 3 heteroatoms. The van der Waals surface area contributed by atoms with Crippen molar-refractivity contribution in [2.45, 2.75) is 31.7 Å². The van der Waals surface area contributed by atoms with Crippen molar-refractivity contribution in [3.8, 4) is 0 Å². The van der Waals surface area contributed by atoms with Crippen molar-refractivity contribution in [3.63, 3.8) is 0 Å². The van der Waals surface area contributed by atoms with Crippen molar-refractivity contribution in [3.05, 3.63) is 29.3 Å². The van der Waals surface area contributed by atoms with Gasteiger partial charge in [-0.05, 0) is 49.6 Å². The topological polar surface area (TPSA) is 38.0 Å². The molecule has 1 saturated carbocycles. The molecule has 0 heterocycles. The summed E-state index contributed by atoms with van der Waals surface area (Å²) in [4.78, 5) is 0. The van der Waals surface area contributed by atoms with E-state index in [-0.39, 0.29) is 0 Å². The van der Waals surface area contributed by atoms with E-state index in [9.17, 15) is 0 Å². The first-order valence-electron chi connectivity index (χ1n) is 6.02. The second-order valence-electron chi connectivity index (χ2n) is 4.54. The van der Waals surface area contributed by atoms with Crippen LogP contribution >= 0.6 is 11.6 Å². The zero-order chi connectivity index (χ0) is 11.4. The standard InChI is InChI=1S/C13H19ClN2/c14-11-5-7-12(8-6-11)16-13-4-2-1-3-10(13)9-15/h5-8,10,13,16H,1-4,9,15H2. The minimum atomic E-state index is 0.528. The van der Waals surface area contributed by atoms with Gasteiger partial charge in [0, 0.05) is 16.8 Å². The molecule has 1 aliphatic rings. The number of benzene rings is 1. The number of nitrogens with one attached hydrogen (secondary N) is 1. The van der Waals surface area contributed by atoms with E-state index >= 15 is 0 Å². The van der Waals surface area contributed by atoms with E-state index in [2.05, 4.69) is 5.32 Å². The van der Waals surface area contributed by atoms with Gasteiger partial charge in [0.15, 0.2) is 0 Å². The summed E-state index contributed by atoms with van der Waals surface area (Å²) < 4.78 is 0. The highest BCUT2D eigenvalue weighted by molar-refractivity contribution is 6.30. The Hall–Kier alpha value is -0.730. The fourth-order valence-corrected chi connectivity index (χ4v) is 2.57. The summed E-state index contributed by atoms with van der Waals surface area (Å²) in [6.07, 6.45) is 5.11. The molecule has 2 nitrogen and oxygen atoms in total. The quantitative estimate of drug-likeness (QED) is 0.848. The van der Waals surface area contributed by atoms with Crippen molar-refractivity contribution in [2.24, 2.45) is 11.7 Å². The lowest BCUT2D eigenvalue weighted by atomic mass is 9.84. The largest absolute Gasteiger partial charge is 0.382 e. The molecule has 0 spiro atoms. The van der Waals surface area contributed by atoms with Crippen LogP contribution in [-0.2, 0) is 0 Å². The summed E-state index contributed by atoms with van der Waals surface area (Å²) in [6.45, 7) is 0.783. The Balaban J connectivity index is 1.99. The fraction of sp³-hybridized carbons (Fsp3) is 0.538. The summed E-state index contributed by atoms with van der Waals surface area (Å²) in [5.74, 6) is 0.615. The number of nitrogens with two attached hydrogens (primary N) is 1. The molecule has 0 aliphatic heterocycles. The molecule has 1 aliphatic carbocycles. The number of anilines is 1. The average Bonchev–Trinajstić information content (AvgIpc) is 2.33. The lowest BCUT2D eigenvalue weighted by Crippen LogP contribution is -2.36. The molecule has 2 rings (SSSR count). The van der Waals surface area contributed by atoms with Crippen LogP contribution in [0.15, 0.2) is 24.3 Å². The molecule has 1 aromatic carbocycles. The van der Waals surface area contributed by atoms with E-state index in [0.29, 0.717) is 12.0 Å². The van der Waals surface area contributed by atoms with Crippen LogP contribution in [0.1, 0.15) is 25.7 Å². The van der Waals surface area contributed by atoms with Crippen molar-refractivity contribution in [1.82, 2.24) is 0 Å². The van der Waals surface area contributed by atoms with Crippen LogP contribution in [-0.4, -0.2) is 12.6 Å². The predicted molar refractivity (Wildman–Crippen MR) is 69.9 cm³/mol. The van der Waals surface area contributed by atoms with Crippen LogP contribution in [0, 0.1) is 5.92 Å². The molecule has 1 fully saturated rings. The van der Waals surface area contributed by atoms with Crippen LogP contribution in [0.3, 0.4) is 0 Å². The number of rotatable bonds is 3. The Morgan fingerprint density at radius 3 is 2.56 bits per heavy atom. The highest BCUT2D eigenvalue weighted by atomic mass is 35.5. The zero-order valence-electron chi connectivity index (χ0n) is 9.45. The highest BCUT2D eigenvalue weighted by Crippen LogP contribution is 2.26. The van der Waals surface area contributed by atoms with Crippen molar-refractivity contribution in [1.29, 1.82) is 0 Å². The van der Waals surface area contributed by atoms with Gasteiger partial charge in [0.1, 0.15) is 0 Å². The lowest BCUT2D eigenvalue weighted by Gasteiger charge is -2.32. The Morgan fingerprint density at radius 2 is 1.88 bits per heavy atom. The van der Waals surface area contributed by atoms with Gasteiger partial charge in [-0.15, -0.1) is 0 Å². The molecule has 0 radical (unpaired) electrons. The van der Waals surface area contributed by atoms with Gasteiger partial charge in [0.2, 0.25) is 0 Å². The van der Waals surface area contributed by atoms with Crippen molar-refractivity contribution in [2.75, 3.05) is 11.9 Å². The predicted octanol–water partition coefficient (Wildman–Crippen LogP) is 3.27. The van der Waals surface area contributed by atoms with Crippen molar-refractivity contribution < 1.29 is 0 Å². The first-order chi connectivity index (χ1) is 7.79. The second-order valence-corrected chi connectivity index (χ2v) is 4.97. The van der Waals surface area contributed by atoms with Crippen LogP contribution in [0.25, 0.3) is 0 Å². The van der Waals surface area contributed by atoms with Gasteiger partial charge in [-0.1, -0.05) is 24.4 Å². The molecule has 3 N–H and O–H groups in total. The highest BCUT2D eigenvalue weighted by Gasteiger charge is 2.23. The third-order valence-corrected chi connectivity index (χ3v) is 3.66. The van der Waals surface area contributed by atoms with Gasteiger partial charge >= 0.3 is 0 Å². The Bertz CT molecular complexity index is 323. The van der Waals surface area contributed by atoms with Gasteiger partial charge in [-0.25, -0.2) is 0 Å². The molecule has 2 unspecified atom stereocenters. The van der Waals surface area contributed by atoms with E-state index in [1.54, 1.807) is 0 Å². The normalized spacial score (nSPS) is 25.4. The maximum absolute atomic E-state index is 5.86. The van der Waals surface area contributed by atoms with E-state index in [4.69, 9.17) is 17.3 Å². The first-order valence-corrected chi connectivity index (χ1v) is 6.39. The van der Waals surface area contributed by atoms with Gasteiger partial charge in [0.05, 0.1) is 0 Å². The molecule has 2 atom stereocenters. The van der Waals surface area contributed by atoms with Crippen LogP contribution < -0.4 is 11.1 Å².